The van der Waals surface area contributed by atoms with Gasteiger partial charge in [0.15, 0.2) is 5.13 Å². The smallest absolute Gasteiger partial charge is 0.216 e. The van der Waals surface area contributed by atoms with Gasteiger partial charge in [0.25, 0.3) is 0 Å². The molecule has 2 aromatic heterocycles. The number of anilines is 1. The van der Waals surface area contributed by atoms with Crippen LogP contribution < -0.4 is 10.1 Å². The van der Waals surface area contributed by atoms with E-state index in [0.29, 0.717) is 17.4 Å². The first kappa shape index (κ1) is 20.1. The summed E-state index contributed by atoms with van der Waals surface area (Å²) in [6.45, 7) is 0. The maximum absolute atomic E-state index is 11.1. The predicted molar refractivity (Wildman–Crippen MR) is 120 cm³/mol. The molecule has 30 heavy (non-hydrogen) atoms. The van der Waals surface area contributed by atoms with Crippen molar-refractivity contribution in [3.8, 4) is 5.88 Å². The molecule has 2 N–H and O–H groups in total. The highest BCUT2D eigenvalue weighted by Gasteiger charge is 2.24. The number of aromatic nitrogens is 2. The lowest BCUT2D eigenvalue weighted by Crippen LogP contribution is -2.28. The molecule has 0 spiro atoms. The highest BCUT2D eigenvalue weighted by molar-refractivity contribution is 7.15. The van der Waals surface area contributed by atoms with E-state index in [4.69, 9.17) is 4.74 Å². The first-order valence-electron chi connectivity index (χ1n) is 9.71. The summed E-state index contributed by atoms with van der Waals surface area (Å²) in [7, 11) is 1.62. The van der Waals surface area contributed by atoms with Crippen LogP contribution in [0.4, 0.5) is 5.13 Å². The lowest BCUT2D eigenvalue weighted by molar-refractivity contribution is 0.185. The van der Waals surface area contributed by atoms with E-state index in [1.807, 2.05) is 79.0 Å². The SMILES string of the molecule is COc1ncccc1Cc1cnc(NC(O)C(c2ccccc2)c2ccccc2)s1. The number of methoxy groups -OCH3 is 1. The molecule has 0 radical (unpaired) electrons. The Bertz CT molecular complexity index is 1030. The van der Waals surface area contributed by atoms with Crippen LogP contribution >= 0.6 is 11.3 Å². The minimum atomic E-state index is -0.818. The van der Waals surface area contributed by atoms with E-state index < -0.39 is 6.23 Å². The highest BCUT2D eigenvalue weighted by Crippen LogP contribution is 2.31. The number of aliphatic hydroxyl groups is 1. The Morgan fingerprint density at radius 1 is 0.933 bits per heavy atom. The lowest BCUT2D eigenvalue weighted by Gasteiger charge is -2.24. The zero-order valence-corrected chi connectivity index (χ0v) is 17.4. The average Bonchev–Trinajstić information content (AvgIpc) is 3.22. The van der Waals surface area contributed by atoms with Crippen LogP contribution in [0.15, 0.2) is 85.2 Å². The molecule has 6 heteroatoms. The summed E-state index contributed by atoms with van der Waals surface area (Å²) in [4.78, 5) is 9.77. The van der Waals surface area contributed by atoms with Crippen molar-refractivity contribution in [2.45, 2.75) is 18.6 Å². The Balaban J connectivity index is 1.53. The molecule has 0 saturated heterocycles. The number of rotatable bonds is 8. The summed E-state index contributed by atoms with van der Waals surface area (Å²) in [5.41, 5.74) is 3.09. The molecule has 0 aliphatic carbocycles. The third kappa shape index (κ3) is 4.67. The molecule has 1 atom stereocenters. The second kappa shape index (κ2) is 9.52. The second-order valence-electron chi connectivity index (χ2n) is 6.87. The van der Waals surface area contributed by atoms with E-state index in [1.54, 1.807) is 13.3 Å². The number of benzene rings is 2. The Labute approximate surface area is 180 Å². The summed E-state index contributed by atoms with van der Waals surface area (Å²) < 4.78 is 5.34. The highest BCUT2D eigenvalue weighted by atomic mass is 32.1. The molecular formula is C24H23N3O2S. The van der Waals surface area contributed by atoms with Crippen molar-refractivity contribution < 1.29 is 9.84 Å². The number of hydrogen-bond donors (Lipinski definition) is 2. The Hall–Kier alpha value is -3.22. The number of pyridine rings is 1. The van der Waals surface area contributed by atoms with Gasteiger partial charge in [0.1, 0.15) is 6.23 Å². The first-order chi connectivity index (χ1) is 14.7. The molecule has 2 aromatic carbocycles. The molecule has 0 aliphatic rings. The number of nitrogens with one attached hydrogen (secondary N) is 1. The monoisotopic (exact) mass is 417 g/mol. The number of aliphatic hydroxyl groups excluding tert-OH is 1. The van der Waals surface area contributed by atoms with Crippen LogP contribution in [0.1, 0.15) is 27.5 Å². The van der Waals surface area contributed by atoms with Crippen molar-refractivity contribution >= 4 is 16.5 Å². The molecule has 0 amide bonds. The van der Waals surface area contributed by atoms with Gasteiger partial charge in [-0.1, -0.05) is 66.7 Å². The third-order valence-corrected chi connectivity index (χ3v) is 5.79. The van der Waals surface area contributed by atoms with Crippen LogP contribution in [0.5, 0.6) is 5.88 Å². The van der Waals surface area contributed by atoms with Gasteiger partial charge in [0.2, 0.25) is 5.88 Å². The molecule has 0 saturated carbocycles. The third-order valence-electron chi connectivity index (χ3n) is 4.87. The van der Waals surface area contributed by atoms with Crippen molar-refractivity contribution in [2.24, 2.45) is 0 Å². The summed E-state index contributed by atoms with van der Waals surface area (Å²) >= 11 is 1.52. The van der Waals surface area contributed by atoms with Gasteiger partial charge in [-0.05, 0) is 17.2 Å². The summed E-state index contributed by atoms with van der Waals surface area (Å²) in [6.07, 6.45) is 3.40. The van der Waals surface area contributed by atoms with Crippen LogP contribution in [-0.2, 0) is 6.42 Å². The summed E-state index contributed by atoms with van der Waals surface area (Å²) in [5.74, 6) is 0.409. The minimum absolute atomic E-state index is 0.210. The van der Waals surface area contributed by atoms with Gasteiger partial charge < -0.3 is 15.2 Å². The van der Waals surface area contributed by atoms with Gasteiger partial charge in [-0.15, -0.1) is 11.3 Å². The number of nitrogens with zero attached hydrogens (tertiary/aromatic N) is 2. The summed E-state index contributed by atoms with van der Waals surface area (Å²) in [5, 5.41) is 14.9. The standard InChI is InChI=1S/C24H23N3O2S/c1-29-23-19(13-8-14-25-23)15-20-16-26-24(30-20)27-22(28)21(17-9-4-2-5-10-17)18-11-6-3-7-12-18/h2-14,16,21-22,28H,15H2,1H3,(H,26,27). The second-order valence-corrected chi connectivity index (χ2v) is 7.98. The largest absolute Gasteiger partial charge is 0.481 e. The van der Waals surface area contributed by atoms with Crippen molar-refractivity contribution in [2.75, 3.05) is 12.4 Å². The van der Waals surface area contributed by atoms with Crippen molar-refractivity contribution in [1.82, 2.24) is 9.97 Å². The lowest BCUT2D eigenvalue weighted by atomic mass is 9.90. The average molecular weight is 418 g/mol. The number of ether oxygens (including phenoxy) is 1. The van der Waals surface area contributed by atoms with Gasteiger partial charge in [0, 0.05) is 29.3 Å². The molecule has 0 fully saturated rings. The molecule has 152 valence electrons. The molecule has 1 unspecified atom stereocenters. The number of thiazole rings is 1. The molecule has 0 bridgehead atoms. The van der Waals surface area contributed by atoms with Gasteiger partial charge in [-0.3, -0.25) is 0 Å². The van der Waals surface area contributed by atoms with E-state index in [2.05, 4.69) is 15.3 Å². The Morgan fingerprint density at radius 2 is 1.60 bits per heavy atom. The molecular weight excluding hydrogens is 394 g/mol. The van der Waals surface area contributed by atoms with Crippen LogP contribution in [0.25, 0.3) is 0 Å². The fourth-order valence-corrected chi connectivity index (χ4v) is 4.34. The molecule has 5 nitrogen and oxygen atoms in total. The van der Waals surface area contributed by atoms with Gasteiger partial charge in [-0.25, -0.2) is 9.97 Å². The molecule has 4 rings (SSSR count). The fourth-order valence-electron chi connectivity index (χ4n) is 3.47. The van der Waals surface area contributed by atoms with E-state index >= 15 is 0 Å². The molecule has 0 aliphatic heterocycles. The maximum atomic E-state index is 11.1. The van der Waals surface area contributed by atoms with Crippen LogP contribution in [0, 0.1) is 0 Å². The Morgan fingerprint density at radius 3 is 2.23 bits per heavy atom. The van der Waals surface area contributed by atoms with E-state index in [-0.39, 0.29) is 5.92 Å². The predicted octanol–water partition coefficient (Wildman–Crippen LogP) is 4.70. The van der Waals surface area contributed by atoms with E-state index in [0.717, 1.165) is 21.6 Å². The zero-order valence-electron chi connectivity index (χ0n) is 16.6. The van der Waals surface area contributed by atoms with Crippen molar-refractivity contribution in [3.05, 3.63) is 107 Å². The van der Waals surface area contributed by atoms with Crippen LogP contribution in [0.3, 0.4) is 0 Å². The molecule has 4 aromatic rings. The van der Waals surface area contributed by atoms with Crippen LogP contribution in [-0.4, -0.2) is 28.4 Å². The minimum Gasteiger partial charge on any atom is -0.481 e. The zero-order chi connectivity index (χ0) is 20.8. The number of hydrogen-bond acceptors (Lipinski definition) is 6. The van der Waals surface area contributed by atoms with Gasteiger partial charge in [0.05, 0.1) is 13.0 Å². The van der Waals surface area contributed by atoms with E-state index in [9.17, 15) is 5.11 Å². The normalized spacial score (nSPS) is 12.0. The fraction of sp³-hybridized carbons (Fsp3) is 0.167. The quantitative estimate of drug-likeness (QED) is 0.407. The maximum Gasteiger partial charge on any atom is 0.216 e. The topological polar surface area (TPSA) is 67.3 Å². The van der Waals surface area contributed by atoms with Gasteiger partial charge in [-0.2, -0.15) is 0 Å². The Kier molecular flexibility index (Phi) is 6.37. The summed E-state index contributed by atoms with van der Waals surface area (Å²) in [6, 6.07) is 23.9. The molecule has 2 heterocycles. The first-order valence-corrected chi connectivity index (χ1v) is 10.5. The van der Waals surface area contributed by atoms with Gasteiger partial charge >= 0.3 is 0 Å². The van der Waals surface area contributed by atoms with Crippen LogP contribution in [0.2, 0.25) is 0 Å². The van der Waals surface area contributed by atoms with Crippen molar-refractivity contribution in [1.29, 1.82) is 0 Å². The van der Waals surface area contributed by atoms with E-state index in [1.165, 1.54) is 11.3 Å². The van der Waals surface area contributed by atoms with Crippen molar-refractivity contribution in [3.63, 3.8) is 0 Å².